The molecular formula is C18H29NO. The fraction of sp³-hybridized carbons (Fsp3) is 0.667. The fourth-order valence-electron chi connectivity index (χ4n) is 3.07. The van der Waals surface area contributed by atoms with Crippen LogP contribution in [0, 0.1) is 5.92 Å². The summed E-state index contributed by atoms with van der Waals surface area (Å²) in [6.07, 6.45) is 6.05. The molecule has 112 valence electrons. The second-order valence-corrected chi connectivity index (χ2v) is 5.90. The smallest absolute Gasteiger partial charge is 0.0512 e. The highest BCUT2D eigenvalue weighted by atomic mass is 16.5. The van der Waals surface area contributed by atoms with Gasteiger partial charge in [0.25, 0.3) is 0 Å². The van der Waals surface area contributed by atoms with Crippen LogP contribution < -0.4 is 5.32 Å². The maximum atomic E-state index is 5.69. The molecule has 0 amide bonds. The summed E-state index contributed by atoms with van der Waals surface area (Å²) < 4.78 is 5.69. The van der Waals surface area contributed by atoms with Crippen molar-refractivity contribution >= 4 is 0 Å². The number of rotatable bonds is 7. The van der Waals surface area contributed by atoms with Crippen molar-refractivity contribution in [2.45, 2.75) is 52.0 Å². The Balaban J connectivity index is 2.07. The van der Waals surface area contributed by atoms with Crippen LogP contribution in [0.25, 0.3) is 0 Å². The first-order valence-corrected chi connectivity index (χ1v) is 8.25. The van der Waals surface area contributed by atoms with Gasteiger partial charge in [-0.3, -0.25) is 0 Å². The predicted octanol–water partition coefficient (Wildman–Crippen LogP) is 4.11. The van der Waals surface area contributed by atoms with Gasteiger partial charge in [0.05, 0.1) is 6.61 Å². The molecular weight excluding hydrogens is 246 g/mol. The second-order valence-electron chi connectivity index (χ2n) is 5.90. The summed E-state index contributed by atoms with van der Waals surface area (Å²) in [7, 11) is 0. The first-order chi connectivity index (χ1) is 9.85. The summed E-state index contributed by atoms with van der Waals surface area (Å²) >= 11 is 0. The van der Waals surface area contributed by atoms with E-state index in [9.17, 15) is 0 Å². The highest BCUT2D eigenvalue weighted by Gasteiger charge is 2.24. The Hall–Kier alpha value is -0.860. The second kappa shape index (κ2) is 8.43. The van der Waals surface area contributed by atoms with Crippen molar-refractivity contribution in [2.75, 3.05) is 19.8 Å². The molecule has 1 aromatic carbocycles. The average Bonchev–Trinajstić information content (AvgIpc) is 2.51. The van der Waals surface area contributed by atoms with E-state index < -0.39 is 0 Å². The van der Waals surface area contributed by atoms with Crippen molar-refractivity contribution in [1.29, 1.82) is 0 Å². The normalized spacial score (nSPS) is 20.8. The molecule has 1 heterocycles. The minimum absolute atomic E-state index is 0.450. The SMILES string of the molecule is CCCNC(c1ccc(CCC)cc1)C1CCCOC1. The van der Waals surface area contributed by atoms with E-state index in [2.05, 4.69) is 43.4 Å². The van der Waals surface area contributed by atoms with E-state index in [1.165, 1.54) is 43.2 Å². The standard InChI is InChI=1S/C18H29NO/c1-3-6-15-8-10-16(11-9-15)18(19-12-4-2)17-7-5-13-20-14-17/h8-11,17-19H,3-7,12-14H2,1-2H3. The van der Waals surface area contributed by atoms with Crippen molar-refractivity contribution in [1.82, 2.24) is 5.32 Å². The molecule has 1 aliphatic rings. The number of hydrogen-bond donors (Lipinski definition) is 1. The highest BCUT2D eigenvalue weighted by Crippen LogP contribution is 2.29. The summed E-state index contributed by atoms with van der Waals surface area (Å²) in [5, 5.41) is 3.73. The Morgan fingerprint density at radius 1 is 1.20 bits per heavy atom. The predicted molar refractivity (Wildman–Crippen MR) is 85.0 cm³/mol. The minimum atomic E-state index is 0.450. The van der Waals surface area contributed by atoms with Crippen molar-refractivity contribution in [3.05, 3.63) is 35.4 Å². The molecule has 0 aliphatic carbocycles. The maximum absolute atomic E-state index is 5.69. The van der Waals surface area contributed by atoms with Crippen molar-refractivity contribution in [2.24, 2.45) is 5.92 Å². The van der Waals surface area contributed by atoms with E-state index in [0.29, 0.717) is 12.0 Å². The summed E-state index contributed by atoms with van der Waals surface area (Å²) in [6, 6.07) is 9.66. The van der Waals surface area contributed by atoms with Gasteiger partial charge in [0.15, 0.2) is 0 Å². The summed E-state index contributed by atoms with van der Waals surface area (Å²) in [5.41, 5.74) is 2.87. The number of benzene rings is 1. The molecule has 0 spiro atoms. The van der Waals surface area contributed by atoms with Gasteiger partial charge < -0.3 is 10.1 Å². The lowest BCUT2D eigenvalue weighted by molar-refractivity contribution is 0.0390. The van der Waals surface area contributed by atoms with Gasteiger partial charge in [-0.15, -0.1) is 0 Å². The largest absolute Gasteiger partial charge is 0.381 e. The van der Waals surface area contributed by atoms with E-state index in [-0.39, 0.29) is 0 Å². The van der Waals surface area contributed by atoms with Crippen LogP contribution in [0.15, 0.2) is 24.3 Å². The molecule has 2 heteroatoms. The summed E-state index contributed by atoms with van der Waals surface area (Å²) in [6.45, 7) is 7.38. The molecule has 0 bridgehead atoms. The Labute approximate surface area is 123 Å². The molecule has 0 aromatic heterocycles. The van der Waals surface area contributed by atoms with Crippen LogP contribution in [0.5, 0.6) is 0 Å². The molecule has 1 N–H and O–H groups in total. The Bertz CT molecular complexity index is 368. The van der Waals surface area contributed by atoms with Gasteiger partial charge in [0, 0.05) is 18.6 Å². The number of hydrogen-bond acceptors (Lipinski definition) is 2. The zero-order valence-electron chi connectivity index (χ0n) is 13.0. The number of ether oxygens (including phenoxy) is 1. The van der Waals surface area contributed by atoms with Crippen LogP contribution in [0.2, 0.25) is 0 Å². The Morgan fingerprint density at radius 3 is 2.60 bits per heavy atom. The van der Waals surface area contributed by atoms with E-state index >= 15 is 0 Å². The van der Waals surface area contributed by atoms with E-state index in [4.69, 9.17) is 4.74 Å². The van der Waals surface area contributed by atoms with Gasteiger partial charge in [0.1, 0.15) is 0 Å². The third-order valence-electron chi connectivity index (χ3n) is 4.16. The van der Waals surface area contributed by atoms with E-state index in [1.807, 2.05) is 0 Å². The monoisotopic (exact) mass is 275 g/mol. The van der Waals surface area contributed by atoms with E-state index in [0.717, 1.165) is 19.8 Å². The third kappa shape index (κ3) is 4.32. The van der Waals surface area contributed by atoms with Crippen molar-refractivity contribution < 1.29 is 4.74 Å². The fourth-order valence-corrected chi connectivity index (χ4v) is 3.07. The summed E-state index contributed by atoms with van der Waals surface area (Å²) in [5.74, 6) is 0.618. The molecule has 2 nitrogen and oxygen atoms in total. The molecule has 1 aromatic rings. The Kier molecular flexibility index (Phi) is 6.55. The molecule has 1 saturated heterocycles. The van der Waals surface area contributed by atoms with Crippen LogP contribution >= 0.6 is 0 Å². The molecule has 0 saturated carbocycles. The van der Waals surface area contributed by atoms with Crippen LogP contribution in [-0.2, 0) is 11.2 Å². The minimum Gasteiger partial charge on any atom is -0.381 e. The molecule has 2 atom stereocenters. The lowest BCUT2D eigenvalue weighted by atomic mass is 9.88. The third-order valence-corrected chi connectivity index (χ3v) is 4.16. The van der Waals surface area contributed by atoms with Crippen LogP contribution in [0.3, 0.4) is 0 Å². The zero-order valence-corrected chi connectivity index (χ0v) is 13.0. The van der Waals surface area contributed by atoms with E-state index in [1.54, 1.807) is 0 Å². The first-order valence-electron chi connectivity index (χ1n) is 8.25. The maximum Gasteiger partial charge on any atom is 0.0512 e. The van der Waals surface area contributed by atoms with Gasteiger partial charge in [-0.25, -0.2) is 0 Å². The van der Waals surface area contributed by atoms with Gasteiger partial charge in [-0.05, 0) is 43.4 Å². The number of nitrogens with one attached hydrogen (secondary N) is 1. The van der Waals surface area contributed by atoms with Gasteiger partial charge >= 0.3 is 0 Å². The number of aryl methyl sites for hydroxylation is 1. The molecule has 0 radical (unpaired) electrons. The van der Waals surface area contributed by atoms with Crippen molar-refractivity contribution in [3.63, 3.8) is 0 Å². The quantitative estimate of drug-likeness (QED) is 0.808. The van der Waals surface area contributed by atoms with Gasteiger partial charge in [-0.2, -0.15) is 0 Å². The lowest BCUT2D eigenvalue weighted by Gasteiger charge is -2.31. The topological polar surface area (TPSA) is 21.3 Å². The Morgan fingerprint density at radius 2 is 2.00 bits per heavy atom. The van der Waals surface area contributed by atoms with Gasteiger partial charge in [-0.1, -0.05) is 44.5 Å². The molecule has 2 unspecified atom stereocenters. The van der Waals surface area contributed by atoms with Crippen LogP contribution in [-0.4, -0.2) is 19.8 Å². The zero-order chi connectivity index (χ0) is 14.2. The van der Waals surface area contributed by atoms with Crippen LogP contribution in [0.4, 0.5) is 0 Å². The average molecular weight is 275 g/mol. The molecule has 1 fully saturated rings. The molecule has 1 aliphatic heterocycles. The first kappa shape index (κ1) is 15.5. The molecule has 20 heavy (non-hydrogen) atoms. The van der Waals surface area contributed by atoms with Gasteiger partial charge in [0.2, 0.25) is 0 Å². The summed E-state index contributed by atoms with van der Waals surface area (Å²) in [4.78, 5) is 0. The highest BCUT2D eigenvalue weighted by molar-refractivity contribution is 5.26. The lowest BCUT2D eigenvalue weighted by Crippen LogP contribution is -2.33. The van der Waals surface area contributed by atoms with Crippen molar-refractivity contribution in [3.8, 4) is 0 Å². The van der Waals surface area contributed by atoms with Crippen LogP contribution in [0.1, 0.15) is 56.7 Å². The molecule has 2 rings (SSSR count).